The molecule has 1 aliphatic rings. The zero-order valence-electron chi connectivity index (χ0n) is 10.8. The fraction of sp³-hybridized carbons (Fsp3) is 0.583. The first-order valence-electron chi connectivity index (χ1n) is 6.24. The molecule has 0 saturated heterocycles. The normalized spacial score (nSPS) is 18.6. The molecule has 1 aromatic heterocycles. The topological polar surface area (TPSA) is 99.3 Å². The zero-order chi connectivity index (χ0) is 14.1. The molecule has 1 aliphatic carbocycles. The monoisotopic (exact) mass is 286 g/mol. The summed E-state index contributed by atoms with van der Waals surface area (Å²) in [6.45, 7) is 2.46. The molecule has 6 nitrogen and oxygen atoms in total. The quantitative estimate of drug-likeness (QED) is 0.765. The number of aromatic carboxylic acids is 1. The van der Waals surface area contributed by atoms with E-state index < -0.39 is 16.0 Å². The van der Waals surface area contributed by atoms with Crippen LogP contribution in [0.15, 0.2) is 17.2 Å². The lowest BCUT2D eigenvalue weighted by molar-refractivity contribution is 0.0691. The molecule has 0 amide bonds. The number of rotatable bonds is 5. The van der Waals surface area contributed by atoms with Crippen LogP contribution in [0, 0.1) is 5.41 Å². The van der Waals surface area contributed by atoms with Gasteiger partial charge in [0, 0.05) is 12.7 Å². The largest absolute Gasteiger partial charge is 0.477 e. The summed E-state index contributed by atoms with van der Waals surface area (Å²) >= 11 is 0. The molecule has 2 rings (SSSR count). The summed E-state index contributed by atoms with van der Waals surface area (Å²) in [6, 6.07) is 1.13. The Kier molecular flexibility index (Phi) is 3.69. The minimum absolute atomic E-state index is 0.0129. The van der Waals surface area contributed by atoms with Crippen molar-refractivity contribution in [2.75, 3.05) is 6.54 Å². The van der Waals surface area contributed by atoms with Gasteiger partial charge in [-0.25, -0.2) is 17.9 Å². The summed E-state index contributed by atoms with van der Waals surface area (Å²) in [7, 11) is -3.64. The maximum absolute atomic E-state index is 12.0. The van der Waals surface area contributed by atoms with Crippen LogP contribution in [0.1, 0.15) is 43.1 Å². The predicted octanol–water partition coefficient (Wildman–Crippen LogP) is 1.57. The van der Waals surface area contributed by atoms with Crippen molar-refractivity contribution in [1.82, 2.24) is 9.71 Å². The van der Waals surface area contributed by atoms with Crippen LogP contribution < -0.4 is 4.72 Å². The molecule has 1 saturated carbocycles. The van der Waals surface area contributed by atoms with Crippen molar-refractivity contribution < 1.29 is 18.3 Å². The molecule has 106 valence electrons. The Morgan fingerprint density at radius 2 is 2.11 bits per heavy atom. The molecular weight excluding hydrogens is 268 g/mol. The lowest BCUT2D eigenvalue weighted by atomic mass is 9.89. The van der Waals surface area contributed by atoms with E-state index in [1.54, 1.807) is 0 Å². The summed E-state index contributed by atoms with van der Waals surface area (Å²) in [5.74, 6) is -1.18. The molecule has 0 spiro atoms. The molecule has 1 aromatic rings. The first-order valence-corrected chi connectivity index (χ1v) is 7.72. The maximum Gasteiger partial charge on any atom is 0.352 e. The van der Waals surface area contributed by atoms with Gasteiger partial charge in [0.25, 0.3) is 0 Å². The van der Waals surface area contributed by atoms with E-state index in [-0.39, 0.29) is 16.0 Å². The van der Waals surface area contributed by atoms with Crippen LogP contribution in [-0.2, 0) is 10.0 Å². The average molecular weight is 286 g/mol. The molecule has 0 unspecified atom stereocenters. The van der Waals surface area contributed by atoms with E-state index in [9.17, 15) is 13.2 Å². The van der Waals surface area contributed by atoms with E-state index in [1.807, 2.05) is 0 Å². The van der Waals surface area contributed by atoms with Gasteiger partial charge in [0.2, 0.25) is 10.0 Å². The summed E-state index contributed by atoms with van der Waals surface area (Å²) in [6.07, 6.45) is 5.49. The van der Waals surface area contributed by atoms with Crippen molar-refractivity contribution in [3.63, 3.8) is 0 Å². The molecular formula is C12H18N2O4S. The third kappa shape index (κ3) is 3.16. The van der Waals surface area contributed by atoms with E-state index in [2.05, 4.69) is 16.6 Å². The highest BCUT2D eigenvalue weighted by atomic mass is 32.2. The van der Waals surface area contributed by atoms with Gasteiger partial charge in [0.05, 0.1) is 0 Å². The second kappa shape index (κ2) is 4.97. The van der Waals surface area contributed by atoms with E-state index >= 15 is 0 Å². The van der Waals surface area contributed by atoms with Crippen molar-refractivity contribution in [1.29, 1.82) is 0 Å². The predicted molar refractivity (Wildman–Crippen MR) is 69.5 cm³/mol. The number of sulfonamides is 1. The second-order valence-electron chi connectivity index (χ2n) is 5.40. The lowest BCUT2D eigenvalue weighted by Crippen LogP contribution is -2.34. The summed E-state index contributed by atoms with van der Waals surface area (Å²) in [5.41, 5.74) is -0.119. The van der Waals surface area contributed by atoms with E-state index in [4.69, 9.17) is 5.11 Å². The van der Waals surface area contributed by atoms with Crippen molar-refractivity contribution in [2.45, 2.75) is 37.5 Å². The SMILES string of the molecule is CC1(CNS(=O)(=O)c2c[nH]c(C(=O)O)c2)CCCC1. The number of aromatic nitrogens is 1. The zero-order valence-corrected chi connectivity index (χ0v) is 11.6. The number of nitrogens with one attached hydrogen (secondary N) is 2. The van der Waals surface area contributed by atoms with Gasteiger partial charge < -0.3 is 10.1 Å². The van der Waals surface area contributed by atoms with Crippen LogP contribution in [0.25, 0.3) is 0 Å². The molecule has 0 aromatic carbocycles. The van der Waals surface area contributed by atoms with Gasteiger partial charge in [-0.1, -0.05) is 19.8 Å². The number of H-pyrrole nitrogens is 1. The number of aromatic amines is 1. The van der Waals surface area contributed by atoms with Crippen LogP contribution in [0.2, 0.25) is 0 Å². The lowest BCUT2D eigenvalue weighted by Gasteiger charge is -2.23. The molecule has 0 radical (unpaired) electrons. The van der Waals surface area contributed by atoms with E-state index in [1.165, 1.54) is 6.20 Å². The summed E-state index contributed by atoms with van der Waals surface area (Å²) in [4.78, 5) is 13.1. The molecule has 0 bridgehead atoms. The number of carboxylic acids is 1. The smallest absolute Gasteiger partial charge is 0.352 e. The Balaban J connectivity index is 2.07. The molecule has 1 heterocycles. The Hall–Kier alpha value is -1.34. The average Bonchev–Trinajstić information content (AvgIpc) is 2.96. The van der Waals surface area contributed by atoms with Crippen LogP contribution in [-0.4, -0.2) is 31.0 Å². The molecule has 19 heavy (non-hydrogen) atoms. The number of carbonyl (C=O) groups is 1. The third-order valence-corrected chi connectivity index (χ3v) is 5.08. The Labute approximate surface area is 112 Å². The van der Waals surface area contributed by atoms with Crippen LogP contribution in [0.4, 0.5) is 0 Å². The molecule has 0 aliphatic heterocycles. The van der Waals surface area contributed by atoms with Crippen molar-refractivity contribution in [3.8, 4) is 0 Å². The Bertz CT molecular complexity index is 570. The van der Waals surface area contributed by atoms with Gasteiger partial charge in [-0.05, 0) is 24.3 Å². The van der Waals surface area contributed by atoms with Gasteiger partial charge in [0.15, 0.2) is 0 Å². The maximum atomic E-state index is 12.0. The molecule has 7 heteroatoms. The van der Waals surface area contributed by atoms with E-state index in [0.717, 1.165) is 31.7 Å². The standard InChI is InChI=1S/C12H18N2O4S/c1-12(4-2-3-5-12)8-14-19(17,18)9-6-10(11(15)16)13-7-9/h6-7,13-14H,2-5,8H2,1H3,(H,15,16). The van der Waals surface area contributed by atoms with Crippen LogP contribution in [0.5, 0.6) is 0 Å². The highest BCUT2D eigenvalue weighted by Gasteiger charge is 2.30. The van der Waals surface area contributed by atoms with Crippen molar-refractivity contribution in [2.24, 2.45) is 5.41 Å². The summed E-state index contributed by atoms with van der Waals surface area (Å²) in [5, 5.41) is 8.76. The third-order valence-electron chi connectivity index (χ3n) is 3.70. The van der Waals surface area contributed by atoms with Crippen molar-refractivity contribution in [3.05, 3.63) is 18.0 Å². The molecule has 3 N–H and O–H groups in total. The van der Waals surface area contributed by atoms with Crippen LogP contribution >= 0.6 is 0 Å². The molecule has 1 fully saturated rings. The van der Waals surface area contributed by atoms with Crippen LogP contribution in [0.3, 0.4) is 0 Å². The van der Waals surface area contributed by atoms with Gasteiger partial charge in [-0.3, -0.25) is 0 Å². The fourth-order valence-corrected chi connectivity index (χ4v) is 3.60. The second-order valence-corrected chi connectivity index (χ2v) is 7.16. The Morgan fingerprint density at radius 1 is 1.47 bits per heavy atom. The molecule has 0 atom stereocenters. The van der Waals surface area contributed by atoms with Gasteiger partial charge in [-0.15, -0.1) is 0 Å². The van der Waals surface area contributed by atoms with Gasteiger partial charge >= 0.3 is 5.97 Å². The highest BCUT2D eigenvalue weighted by Crippen LogP contribution is 2.36. The fourth-order valence-electron chi connectivity index (χ4n) is 2.41. The Morgan fingerprint density at radius 3 is 2.63 bits per heavy atom. The van der Waals surface area contributed by atoms with Gasteiger partial charge in [0.1, 0.15) is 10.6 Å². The number of hydrogen-bond acceptors (Lipinski definition) is 3. The highest BCUT2D eigenvalue weighted by molar-refractivity contribution is 7.89. The summed E-state index contributed by atoms with van der Waals surface area (Å²) < 4.78 is 26.7. The van der Waals surface area contributed by atoms with E-state index in [0.29, 0.717) is 6.54 Å². The number of hydrogen-bond donors (Lipinski definition) is 3. The first-order chi connectivity index (χ1) is 8.82. The minimum atomic E-state index is -3.64. The van der Waals surface area contributed by atoms with Gasteiger partial charge in [-0.2, -0.15) is 0 Å². The first kappa shape index (κ1) is 14.1. The number of carboxylic acid groups (broad SMARTS) is 1. The van der Waals surface area contributed by atoms with Crippen molar-refractivity contribution >= 4 is 16.0 Å². The minimum Gasteiger partial charge on any atom is -0.477 e.